The van der Waals surface area contributed by atoms with E-state index in [9.17, 15) is 8.42 Å². The molecule has 5 rings (SSSR count). The summed E-state index contributed by atoms with van der Waals surface area (Å²) in [6.07, 6.45) is 0.674. The Morgan fingerprint density at radius 3 is 2.71 bits per heavy atom. The quantitative estimate of drug-likeness (QED) is 0.464. The normalized spacial score (nSPS) is 15.0. The minimum atomic E-state index is -3.64. The molecule has 0 amide bonds. The molecular formula is C20H16BrN3O2S2. The van der Waals surface area contributed by atoms with Crippen molar-refractivity contribution in [2.75, 3.05) is 6.54 Å². The van der Waals surface area contributed by atoms with Gasteiger partial charge in [-0.25, -0.2) is 13.4 Å². The number of fused-ring (bicyclic) bond motifs is 3. The molecular weight excluding hydrogens is 458 g/mol. The second kappa shape index (κ2) is 6.81. The Kier molecular flexibility index (Phi) is 4.39. The van der Waals surface area contributed by atoms with Gasteiger partial charge < -0.3 is 4.98 Å². The molecule has 142 valence electrons. The maximum absolute atomic E-state index is 13.2. The van der Waals surface area contributed by atoms with E-state index < -0.39 is 10.0 Å². The highest BCUT2D eigenvalue weighted by Crippen LogP contribution is 2.32. The Labute approximate surface area is 175 Å². The number of aromatic nitrogens is 2. The van der Waals surface area contributed by atoms with Crippen LogP contribution in [0.3, 0.4) is 0 Å². The smallest absolute Gasteiger partial charge is 0.261 e. The zero-order valence-electron chi connectivity index (χ0n) is 14.7. The standard InChI is InChI=1S/C20H16BrN3O2S2/c21-14-7-5-13(6-8-14)20-23-19(12-27-20)28(25,26)24-10-9-18-16(11-24)15-3-1-2-4-17(15)22-18/h1-8,12,22H,9-11H2. The molecule has 8 heteroatoms. The highest BCUT2D eigenvalue weighted by atomic mass is 79.9. The minimum Gasteiger partial charge on any atom is -0.358 e. The fourth-order valence-corrected chi connectivity index (χ4v) is 6.32. The lowest BCUT2D eigenvalue weighted by Gasteiger charge is -2.25. The van der Waals surface area contributed by atoms with Gasteiger partial charge in [-0.15, -0.1) is 11.3 Å². The SMILES string of the molecule is O=S(=O)(c1csc(-c2ccc(Br)cc2)n1)N1CCc2[nH]c3ccccc3c2C1. The zero-order chi connectivity index (χ0) is 19.3. The third kappa shape index (κ3) is 3.00. The monoisotopic (exact) mass is 473 g/mol. The lowest BCUT2D eigenvalue weighted by atomic mass is 10.1. The van der Waals surface area contributed by atoms with Crippen LogP contribution in [0.1, 0.15) is 11.3 Å². The number of H-pyrrole nitrogens is 1. The second-order valence-corrected chi connectivity index (χ2v) is 10.4. The maximum atomic E-state index is 13.2. The van der Waals surface area contributed by atoms with Gasteiger partial charge in [0.2, 0.25) is 0 Å². The molecule has 0 atom stereocenters. The topological polar surface area (TPSA) is 66.1 Å². The fourth-order valence-electron chi connectivity index (χ4n) is 3.58. The van der Waals surface area contributed by atoms with E-state index in [2.05, 4.69) is 25.9 Å². The molecule has 0 fully saturated rings. The molecule has 0 bridgehead atoms. The third-order valence-corrected chi connectivity index (χ3v) is 8.32. The van der Waals surface area contributed by atoms with Gasteiger partial charge in [0.15, 0.2) is 5.03 Å². The number of sulfonamides is 1. The van der Waals surface area contributed by atoms with Gasteiger partial charge >= 0.3 is 0 Å². The van der Waals surface area contributed by atoms with Crippen LogP contribution in [0.15, 0.2) is 63.4 Å². The van der Waals surface area contributed by atoms with Crippen molar-refractivity contribution in [2.24, 2.45) is 0 Å². The average molecular weight is 474 g/mol. The number of hydrogen-bond donors (Lipinski definition) is 1. The van der Waals surface area contributed by atoms with Gasteiger partial charge in [0.25, 0.3) is 10.0 Å². The van der Waals surface area contributed by atoms with E-state index in [4.69, 9.17) is 0 Å². The molecule has 0 unspecified atom stereocenters. The molecule has 0 spiro atoms. The molecule has 2 aromatic carbocycles. The summed E-state index contributed by atoms with van der Waals surface area (Å²) in [5.74, 6) is 0. The van der Waals surface area contributed by atoms with Gasteiger partial charge in [0, 0.05) is 51.5 Å². The first kappa shape index (κ1) is 18.1. The molecule has 1 aliphatic heterocycles. The maximum Gasteiger partial charge on any atom is 0.261 e. The van der Waals surface area contributed by atoms with Crippen molar-refractivity contribution in [3.63, 3.8) is 0 Å². The van der Waals surface area contributed by atoms with E-state index in [1.54, 1.807) is 5.38 Å². The van der Waals surface area contributed by atoms with Crippen LogP contribution >= 0.6 is 27.3 Å². The number of aromatic amines is 1. The summed E-state index contributed by atoms with van der Waals surface area (Å²) >= 11 is 4.76. The van der Waals surface area contributed by atoms with Gasteiger partial charge in [-0.3, -0.25) is 0 Å². The molecule has 3 heterocycles. The van der Waals surface area contributed by atoms with Crippen molar-refractivity contribution in [1.29, 1.82) is 0 Å². The molecule has 0 saturated carbocycles. The number of rotatable bonds is 3. The summed E-state index contributed by atoms with van der Waals surface area (Å²) in [6, 6.07) is 15.7. The van der Waals surface area contributed by atoms with E-state index >= 15 is 0 Å². The number of thiazole rings is 1. The number of nitrogens with one attached hydrogen (secondary N) is 1. The first-order chi connectivity index (χ1) is 13.5. The average Bonchev–Trinajstić information content (AvgIpc) is 3.33. The summed E-state index contributed by atoms with van der Waals surface area (Å²) < 4.78 is 28.9. The molecule has 5 nitrogen and oxygen atoms in total. The van der Waals surface area contributed by atoms with Crippen molar-refractivity contribution in [1.82, 2.24) is 14.3 Å². The van der Waals surface area contributed by atoms with Crippen LogP contribution in [0.5, 0.6) is 0 Å². The Hall–Kier alpha value is -2.00. The van der Waals surface area contributed by atoms with Crippen LogP contribution in [0.2, 0.25) is 0 Å². The first-order valence-electron chi connectivity index (χ1n) is 8.82. The van der Waals surface area contributed by atoms with E-state index in [1.807, 2.05) is 48.5 Å². The Morgan fingerprint density at radius 1 is 1.11 bits per heavy atom. The molecule has 28 heavy (non-hydrogen) atoms. The molecule has 0 radical (unpaired) electrons. The minimum absolute atomic E-state index is 0.124. The van der Waals surface area contributed by atoms with Crippen molar-refractivity contribution < 1.29 is 8.42 Å². The number of halogens is 1. The van der Waals surface area contributed by atoms with Crippen molar-refractivity contribution >= 4 is 48.2 Å². The lowest BCUT2D eigenvalue weighted by molar-refractivity contribution is 0.390. The fraction of sp³-hybridized carbons (Fsp3) is 0.150. The predicted octanol–water partition coefficient (Wildman–Crippen LogP) is 4.80. The van der Waals surface area contributed by atoms with Crippen molar-refractivity contribution in [2.45, 2.75) is 18.0 Å². The number of benzene rings is 2. The van der Waals surface area contributed by atoms with Crippen molar-refractivity contribution in [3.8, 4) is 10.6 Å². The van der Waals surface area contributed by atoms with E-state index in [-0.39, 0.29) is 5.03 Å². The van der Waals surface area contributed by atoms with E-state index in [0.29, 0.717) is 24.5 Å². The lowest BCUT2D eigenvalue weighted by Crippen LogP contribution is -2.36. The number of para-hydroxylation sites is 1. The number of hydrogen-bond acceptors (Lipinski definition) is 4. The van der Waals surface area contributed by atoms with E-state index in [0.717, 1.165) is 32.2 Å². The number of nitrogens with zero attached hydrogens (tertiary/aromatic N) is 2. The van der Waals surface area contributed by atoms with Crippen LogP contribution < -0.4 is 0 Å². The highest BCUT2D eigenvalue weighted by molar-refractivity contribution is 9.10. The summed E-state index contributed by atoms with van der Waals surface area (Å²) in [7, 11) is -3.64. The molecule has 0 aliphatic carbocycles. The van der Waals surface area contributed by atoms with Crippen LogP contribution in [-0.2, 0) is 23.0 Å². The molecule has 0 saturated heterocycles. The Balaban J connectivity index is 1.47. The van der Waals surface area contributed by atoms with Crippen LogP contribution in [0.4, 0.5) is 0 Å². The summed E-state index contributed by atoms with van der Waals surface area (Å²) in [5, 5.41) is 3.55. The van der Waals surface area contributed by atoms with Gasteiger partial charge in [-0.2, -0.15) is 4.31 Å². The highest BCUT2D eigenvalue weighted by Gasteiger charge is 2.32. The molecule has 4 aromatic rings. The van der Waals surface area contributed by atoms with Crippen LogP contribution in [-0.4, -0.2) is 29.2 Å². The first-order valence-corrected chi connectivity index (χ1v) is 11.9. The summed E-state index contributed by atoms with van der Waals surface area (Å²) in [5.41, 5.74) is 4.15. The van der Waals surface area contributed by atoms with Crippen LogP contribution in [0.25, 0.3) is 21.5 Å². The molecule has 1 N–H and O–H groups in total. The van der Waals surface area contributed by atoms with Gasteiger partial charge in [0.1, 0.15) is 5.01 Å². The Bertz CT molecular complexity index is 1280. The van der Waals surface area contributed by atoms with Crippen LogP contribution in [0, 0.1) is 0 Å². The Morgan fingerprint density at radius 2 is 1.89 bits per heavy atom. The summed E-state index contributed by atoms with van der Waals surface area (Å²) in [6.45, 7) is 0.820. The summed E-state index contributed by atoms with van der Waals surface area (Å²) in [4.78, 5) is 7.85. The van der Waals surface area contributed by atoms with E-state index in [1.165, 1.54) is 15.6 Å². The van der Waals surface area contributed by atoms with Gasteiger partial charge in [-0.05, 0) is 23.8 Å². The predicted molar refractivity (Wildman–Crippen MR) is 115 cm³/mol. The van der Waals surface area contributed by atoms with Gasteiger partial charge in [0.05, 0.1) is 0 Å². The van der Waals surface area contributed by atoms with Crippen molar-refractivity contribution in [3.05, 3.63) is 69.6 Å². The zero-order valence-corrected chi connectivity index (χ0v) is 17.9. The largest absolute Gasteiger partial charge is 0.358 e. The van der Waals surface area contributed by atoms with Gasteiger partial charge in [-0.1, -0.05) is 46.3 Å². The second-order valence-electron chi connectivity index (χ2n) is 6.71. The third-order valence-electron chi connectivity index (χ3n) is 5.03. The molecule has 1 aliphatic rings. The molecule has 2 aromatic heterocycles.